The van der Waals surface area contributed by atoms with Gasteiger partial charge in [-0.05, 0) is 37.5 Å². The number of hydrogen-bond donors (Lipinski definition) is 2. The van der Waals surface area contributed by atoms with Crippen molar-refractivity contribution in [1.29, 1.82) is 5.41 Å². The van der Waals surface area contributed by atoms with Crippen LogP contribution >= 0.6 is 0 Å². The van der Waals surface area contributed by atoms with Crippen LogP contribution in [0.25, 0.3) is 0 Å². The number of benzene rings is 1. The highest BCUT2D eigenvalue weighted by molar-refractivity contribution is 5.91. The van der Waals surface area contributed by atoms with Crippen LogP contribution < -0.4 is 0 Å². The van der Waals surface area contributed by atoms with Gasteiger partial charge < -0.3 is 9.84 Å². The SMILES string of the molecule is CCOC(=N)c1ccc(CCCO)cc1. The standard InChI is InChI=1S/C12H17NO2/c1-2-15-12(13)11-7-5-10(6-8-11)4-3-9-14/h5-8,13-14H,2-4,9H2,1H3. The maximum absolute atomic E-state index is 8.69. The predicted octanol–water partition coefficient (Wildman–Crippen LogP) is 1.97. The predicted molar refractivity (Wildman–Crippen MR) is 60.3 cm³/mol. The van der Waals surface area contributed by atoms with Crippen LogP contribution in [0.1, 0.15) is 24.5 Å². The summed E-state index contributed by atoms with van der Waals surface area (Å²) in [5.41, 5.74) is 1.97. The van der Waals surface area contributed by atoms with Gasteiger partial charge in [0.25, 0.3) is 0 Å². The van der Waals surface area contributed by atoms with E-state index >= 15 is 0 Å². The lowest BCUT2D eigenvalue weighted by Crippen LogP contribution is -2.04. The van der Waals surface area contributed by atoms with Crippen molar-refractivity contribution < 1.29 is 9.84 Å². The Morgan fingerprint density at radius 2 is 2.00 bits per heavy atom. The van der Waals surface area contributed by atoms with Crippen LogP contribution in [0.2, 0.25) is 0 Å². The minimum absolute atomic E-state index is 0.214. The zero-order chi connectivity index (χ0) is 11.1. The maximum atomic E-state index is 8.69. The molecule has 3 heteroatoms. The number of nitrogens with one attached hydrogen (secondary N) is 1. The summed E-state index contributed by atoms with van der Waals surface area (Å²) in [6, 6.07) is 7.70. The van der Waals surface area contributed by atoms with E-state index in [1.165, 1.54) is 5.56 Å². The van der Waals surface area contributed by atoms with Gasteiger partial charge in [-0.25, -0.2) is 0 Å². The topological polar surface area (TPSA) is 53.3 Å². The molecule has 0 atom stereocenters. The summed E-state index contributed by atoms with van der Waals surface area (Å²) in [5.74, 6) is 0.214. The smallest absolute Gasteiger partial charge is 0.213 e. The number of aliphatic hydroxyl groups is 1. The third-order valence-corrected chi connectivity index (χ3v) is 2.13. The van der Waals surface area contributed by atoms with Gasteiger partial charge in [-0.3, -0.25) is 5.41 Å². The van der Waals surface area contributed by atoms with E-state index in [4.69, 9.17) is 15.3 Å². The number of ether oxygens (including phenoxy) is 1. The zero-order valence-electron chi connectivity index (χ0n) is 8.99. The van der Waals surface area contributed by atoms with E-state index in [0.717, 1.165) is 18.4 Å². The Labute approximate surface area is 90.2 Å². The van der Waals surface area contributed by atoms with Gasteiger partial charge in [-0.1, -0.05) is 12.1 Å². The number of rotatable bonds is 5. The van der Waals surface area contributed by atoms with Gasteiger partial charge in [0, 0.05) is 12.2 Å². The van der Waals surface area contributed by atoms with Gasteiger partial charge in [-0.15, -0.1) is 0 Å². The average molecular weight is 207 g/mol. The molecule has 3 nitrogen and oxygen atoms in total. The first-order valence-corrected chi connectivity index (χ1v) is 5.19. The van der Waals surface area contributed by atoms with Crippen molar-refractivity contribution >= 4 is 5.90 Å². The van der Waals surface area contributed by atoms with E-state index in [1.807, 2.05) is 31.2 Å². The van der Waals surface area contributed by atoms with Crippen LogP contribution in [0.4, 0.5) is 0 Å². The van der Waals surface area contributed by atoms with Crippen LogP contribution in [0.5, 0.6) is 0 Å². The molecule has 1 aromatic carbocycles. The molecule has 0 unspecified atom stereocenters. The first-order valence-electron chi connectivity index (χ1n) is 5.19. The molecule has 0 amide bonds. The second-order valence-electron chi connectivity index (χ2n) is 3.29. The Morgan fingerprint density at radius 3 is 2.53 bits per heavy atom. The van der Waals surface area contributed by atoms with Gasteiger partial charge in [0.15, 0.2) is 0 Å². The molecule has 0 aliphatic rings. The molecule has 1 aromatic rings. The molecule has 0 aliphatic carbocycles. The van der Waals surface area contributed by atoms with E-state index < -0.39 is 0 Å². The Kier molecular flexibility index (Phi) is 4.84. The van der Waals surface area contributed by atoms with E-state index in [2.05, 4.69) is 0 Å². The molecule has 0 aromatic heterocycles. The molecule has 0 saturated heterocycles. The van der Waals surface area contributed by atoms with E-state index in [9.17, 15) is 0 Å². The number of aliphatic hydroxyl groups excluding tert-OH is 1. The molecule has 0 aliphatic heterocycles. The molecule has 0 bridgehead atoms. The summed E-state index contributed by atoms with van der Waals surface area (Å²) >= 11 is 0. The summed E-state index contributed by atoms with van der Waals surface area (Å²) in [4.78, 5) is 0. The van der Waals surface area contributed by atoms with Crippen molar-refractivity contribution in [1.82, 2.24) is 0 Å². The van der Waals surface area contributed by atoms with E-state index in [1.54, 1.807) is 0 Å². The fourth-order valence-electron chi connectivity index (χ4n) is 1.33. The first kappa shape index (κ1) is 11.7. The van der Waals surface area contributed by atoms with Crippen molar-refractivity contribution in [3.8, 4) is 0 Å². The normalized spacial score (nSPS) is 10.0. The summed E-state index contributed by atoms with van der Waals surface area (Å²) in [6.07, 6.45) is 1.65. The quantitative estimate of drug-likeness (QED) is 0.573. The van der Waals surface area contributed by atoms with E-state index in [-0.39, 0.29) is 12.5 Å². The highest BCUT2D eigenvalue weighted by atomic mass is 16.5. The minimum atomic E-state index is 0.214. The fraction of sp³-hybridized carbons (Fsp3) is 0.417. The zero-order valence-corrected chi connectivity index (χ0v) is 8.99. The van der Waals surface area contributed by atoms with Crippen molar-refractivity contribution in [2.45, 2.75) is 19.8 Å². The Morgan fingerprint density at radius 1 is 1.33 bits per heavy atom. The Bertz CT molecular complexity index is 306. The summed E-state index contributed by atoms with van der Waals surface area (Å²) in [6.45, 7) is 2.60. The minimum Gasteiger partial charge on any atom is -0.478 e. The monoisotopic (exact) mass is 207 g/mol. The molecule has 2 N–H and O–H groups in total. The molecular formula is C12H17NO2. The molecule has 0 spiro atoms. The lowest BCUT2D eigenvalue weighted by Gasteiger charge is -2.05. The lowest BCUT2D eigenvalue weighted by atomic mass is 10.1. The van der Waals surface area contributed by atoms with Crippen LogP contribution in [-0.2, 0) is 11.2 Å². The van der Waals surface area contributed by atoms with Gasteiger partial charge >= 0.3 is 0 Å². The summed E-state index contributed by atoms with van der Waals surface area (Å²) in [5, 5.41) is 16.3. The first-order chi connectivity index (χ1) is 7.27. The lowest BCUT2D eigenvalue weighted by molar-refractivity contribution is 0.288. The second-order valence-corrected chi connectivity index (χ2v) is 3.29. The van der Waals surface area contributed by atoms with Crippen molar-refractivity contribution in [3.05, 3.63) is 35.4 Å². The number of hydrogen-bond acceptors (Lipinski definition) is 3. The third kappa shape index (κ3) is 3.72. The highest BCUT2D eigenvalue weighted by Crippen LogP contribution is 2.07. The van der Waals surface area contributed by atoms with Crippen LogP contribution in [-0.4, -0.2) is 24.2 Å². The van der Waals surface area contributed by atoms with Crippen LogP contribution in [0.3, 0.4) is 0 Å². The molecule has 1 rings (SSSR count). The Hall–Kier alpha value is -1.35. The largest absolute Gasteiger partial charge is 0.478 e. The van der Waals surface area contributed by atoms with Gasteiger partial charge in [0.05, 0.1) is 6.61 Å². The van der Waals surface area contributed by atoms with Crippen molar-refractivity contribution in [2.75, 3.05) is 13.2 Å². The molecular weight excluding hydrogens is 190 g/mol. The van der Waals surface area contributed by atoms with Gasteiger partial charge in [0.1, 0.15) is 0 Å². The number of aryl methyl sites for hydroxylation is 1. The summed E-state index contributed by atoms with van der Waals surface area (Å²) in [7, 11) is 0. The molecule has 82 valence electrons. The molecule has 0 fully saturated rings. The molecule has 0 saturated carbocycles. The molecule has 15 heavy (non-hydrogen) atoms. The van der Waals surface area contributed by atoms with Gasteiger partial charge in [0.2, 0.25) is 5.90 Å². The maximum Gasteiger partial charge on any atom is 0.213 e. The van der Waals surface area contributed by atoms with E-state index in [0.29, 0.717) is 6.61 Å². The van der Waals surface area contributed by atoms with Crippen molar-refractivity contribution in [2.24, 2.45) is 0 Å². The summed E-state index contributed by atoms with van der Waals surface area (Å²) < 4.78 is 5.09. The van der Waals surface area contributed by atoms with Crippen LogP contribution in [0.15, 0.2) is 24.3 Å². The Balaban J connectivity index is 2.59. The van der Waals surface area contributed by atoms with Crippen molar-refractivity contribution in [3.63, 3.8) is 0 Å². The highest BCUT2D eigenvalue weighted by Gasteiger charge is 2.01. The third-order valence-electron chi connectivity index (χ3n) is 2.13. The molecule has 0 radical (unpaired) electrons. The molecule has 0 heterocycles. The second kappa shape index (κ2) is 6.19. The van der Waals surface area contributed by atoms with Gasteiger partial charge in [-0.2, -0.15) is 0 Å². The average Bonchev–Trinajstić information content (AvgIpc) is 2.27. The van der Waals surface area contributed by atoms with Crippen LogP contribution in [0, 0.1) is 5.41 Å². The fourth-order valence-corrected chi connectivity index (χ4v) is 1.33.